The fourth-order valence-corrected chi connectivity index (χ4v) is 4.04. The standard InChI is InChI=1S/C25H28N4O2/c1-16(12-13-21-11-8-14-31-21)26-23(30)15-22-17(2)27-25-24(20-9-6-5-7-10-20)18(3)28-29(25)19(22)4/h5-11,14,16H,12-13,15H2,1-4H3,(H,26,30). The van der Waals surface area contributed by atoms with Gasteiger partial charge < -0.3 is 9.73 Å². The summed E-state index contributed by atoms with van der Waals surface area (Å²) in [5.41, 5.74) is 6.62. The second-order valence-electron chi connectivity index (χ2n) is 8.09. The summed E-state index contributed by atoms with van der Waals surface area (Å²) in [7, 11) is 0. The number of fused-ring (bicyclic) bond motifs is 1. The van der Waals surface area contributed by atoms with Crippen LogP contribution in [0.15, 0.2) is 53.1 Å². The van der Waals surface area contributed by atoms with Gasteiger partial charge in [0.25, 0.3) is 0 Å². The van der Waals surface area contributed by atoms with Gasteiger partial charge in [-0.3, -0.25) is 4.79 Å². The molecule has 4 aromatic rings. The normalized spacial score (nSPS) is 12.3. The Bertz CT molecular complexity index is 1190. The number of aromatic nitrogens is 3. The minimum atomic E-state index is -0.00791. The van der Waals surface area contributed by atoms with E-state index in [9.17, 15) is 4.79 Å². The highest BCUT2D eigenvalue weighted by Crippen LogP contribution is 2.29. The van der Waals surface area contributed by atoms with Gasteiger partial charge in [-0.05, 0) is 51.8 Å². The average molecular weight is 417 g/mol. The maximum absolute atomic E-state index is 12.7. The van der Waals surface area contributed by atoms with Gasteiger partial charge in [-0.15, -0.1) is 0 Å². The number of nitrogens with one attached hydrogen (secondary N) is 1. The van der Waals surface area contributed by atoms with E-state index in [2.05, 4.69) is 17.4 Å². The summed E-state index contributed by atoms with van der Waals surface area (Å²) in [6.45, 7) is 7.99. The van der Waals surface area contributed by atoms with Crippen LogP contribution in [0.25, 0.3) is 16.8 Å². The van der Waals surface area contributed by atoms with Crippen LogP contribution in [0, 0.1) is 20.8 Å². The fraction of sp³-hybridized carbons (Fsp3) is 0.320. The number of rotatable bonds is 7. The molecule has 3 aromatic heterocycles. The SMILES string of the molecule is Cc1nc2c(-c3ccccc3)c(C)nn2c(C)c1CC(=O)NC(C)CCc1ccco1. The van der Waals surface area contributed by atoms with Crippen LogP contribution in [0.2, 0.25) is 0 Å². The Balaban J connectivity index is 1.53. The zero-order valence-electron chi connectivity index (χ0n) is 18.5. The maximum atomic E-state index is 12.7. The Labute approximate surface area is 182 Å². The van der Waals surface area contributed by atoms with Crippen LogP contribution in [0.5, 0.6) is 0 Å². The summed E-state index contributed by atoms with van der Waals surface area (Å²) in [6.07, 6.45) is 3.58. The van der Waals surface area contributed by atoms with Crippen molar-refractivity contribution >= 4 is 11.6 Å². The number of aryl methyl sites for hydroxylation is 4. The molecule has 0 spiro atoms. The van der Waals surface area contributed by atoms with Crippen molar-refractivity contribution in [1.82, 2.24) is 19.9 Å². The number of hydrogen-bond acceptors (Lipinski definition) is 4. The minimum Gasteiger partial charge on any atom is -0.469 e. The Morgan fingerprint density at radius 1 is 1.10 bits per heavy atom. The molecule has 0 aliphatic heterocycles. The molecule has 0 saturated heterocycles. The lowest BCUT2D eigenvalue weighted by Gasteiger charge is -2.15. The van der Waals surface area contributed by atoms with Crippen molar-refractivity contribution in [3.8, 4) is 11.1 Å². The Hall–Kier alpha value is -3.41. The summed E-state index contributed by atoms with van der Waals surface area (Å²) in [6, 6.07) is 14.1. The number of carbonyl (C=O) groups is 1. The molecule has 1 atom stereocenters. The first-order valence-corrected chi connectivity index (χ1v) is 10.7. The van der Waals surface area contributed by atoms with Crippen molar-refractivity contribution in [2.75, 3.05) is 0 Å². The van der Waals surface area contributed by atoms with E-state index in [0.29, 0.717) is 0 Å². The first-order valence-electron chi connectivity index (χ1n) is 10.7. The fourth-order valence-electron chi connectivity index (χ4n) is 4.04. The quantitative estimate of drug-likeness (QED) is 0.478. The van der Waals surface area contributed by atoms with E-state index in [1.54, 1.807) is 6.26 Å². The molecule has 0 radical (unpaired) electrons. The van der Waals surface area contributed by atoms with Crippen molar-refractivity contribution in [1.29, 1.82) is 0 Å². The number of furan rings is 1. The zero-order chi connectivity index (χ0) is 22.0. The third-order valence-electron chi connectivity index (χ3n) is 5.71. The zero-order valence-corrected chi connectivity index (χ0v) is 18.5. The van der Waals surface area contributed by atoms with Crippen LogP contribution >= 0.6 is 0 Å². The van der Waals surface area contributed by atoms with E-state index in [1.165, 1.54) is 0 Å². The van der Waals surface area contributed by atoms with Crippen molar-refractivity contribution in [2.24, 2.45) is 0 Å². The molecule has 0 fully saturated rings. The number of amides is 1. The number of hydrogen-bond donors (Lipinski definition) is 1. The van der Waals surface area contributed by atoms with Gasteiger partial charge in [-0.25, -0.2) is 9.50 Å². The van der Waals surface area contributed by atoms with Crippen LogP contribution in [0.4, 0.5) is 0 Å². The van der Waals surface area contributed by atoms with Gasteiger partial charge in [-0.1, -0.05) is 30.3 Å². The van der Waals surface area contributed by atoms with Crippen LogP contribution in [0.1, 0.15) is 41.8 Å². The lowest BCUT2D eigenvalue weighted by atomic mass is 10.0. The molecule has 160 valence electrons. The van der Waals surface area contributed by atoms with Gasteiger partial charge in [0.15, 0.2) is 5.65 Å². The van der Waals surface area contributed by atoms with Gasteiger partial charge in [-0.2, -0.15) is 5.10 Å². The van der Waals surface area contributed by atoms with Crippen LogP contribution in [-0.4, -0.2) is 26.5 Å². The third kappa shape index (κ3) is 4.38. The molecule has 0 aliphatic carbocycles. The van der Waals surface area contributed by atoms with Crippen LogP contribution in [-0.2, 0) is 17.6 Å². The summed E-state index contributed by atoms with van der Waals surface area (Å²) in [5, 5.41) is 7.83. The number of nitrogens with zero attached hydrogens (tertiary/aromatic N) is 3. The lowest BCUT2D eigenvalue weighted by molar-refractivity contribution is -0.121. The van der Waals surface area contributed by atoms with Gasteiger partial charge in [0.2, 0.25) is 5.91 Å². The molecule has 1 N–H and O–H groups in total. The summed E-state index contributed by atoms with van der Waals surface area (Å²) < 4.78 is 7.24. The van der Waals surface area contributed by atoms with Gasteiger partial charge in [0.05, 0.1) is 18.4 Å². The largest absolute Gasteiger partial charge is 0.469 e. The molecule has 3 heterocycles. The molecule has 1 amide bonds. The van der Waals surface area contributed by atoms with E-state index >= 15 is 0 Å². The predicted octanol–water partition coefficient (Wildman–Crippen LogP) is 4.59. The minimum absolute atomic E-state index is 0.00791. The maximum Gasteiger partial charge on any atom is 0.224 e. The van der Waals surface area contributed by atoms with Gasteiger partial charge in [0.1, 0.15) is 5.76 Å². The highest BCUT2D eigenvalue weighted by Gasteiger charge is 2.19. The Morgan fingerprint density at radius 2 is 1.87 bits per heavy atom. The second kappa shape index (κ2) is 8.76. The Morgan fingerprint density at radius 3 is 2.58 bits per heavy atom. The molecule has 1 unspecified atom stereocenters. The molecular weight excluding hydrogens is 388 g/mol. The van der Waals surface area contributed by atoms with E-state index in [0.717, 1.165) is 58.0 Å². The summed E-state index contributed by atoms with van der Waals surface area (Å²) in [5.74, 6) is 0.928. The van der Waals surface area contributed by atoms with Gasteiger partial charge in [0, 0.05) is 35.0 Å². The molecule has 6 heteroatoms. The monoisotopic (exact) mass is 416 g/mol. The third-order valence-corrected chi connectivity index (χ3v) is 5.71. The average Bonchev–Trinajstić information content (AvgIpc) is 3.38. The molecule has 0 aliphatic rings. The molecule has 31 heavy (non-hydrogen) atoms. The Kier molecular flexibility index (Phi) is 5.89. The number of carbonyl (C=O) groups excluding carboxylic acids is 1. The molecule has 0 saturated carbocycles. The highest BCUT2D eigenvalue weighted by atomic mass is 16.3. The number of benzene rings is 1. The smallest absolute Gasteiger partial charge is 0.224 e. The van der Waals surface area contributed by atoms with Crippen LogP contribution in [0.3, 0.4) is 0 Å². The van der Waals surface area contributed by atoms with Crippen LogP contribution < -0.4 is 5.32 Å². The molecule has 4 rings (SSSR count). The topological polar surface area (TPSA) is 72.4 Å². The van der Waals surface area contributed by atoms with Gasteiger partial charge >= 0.3 is 0 Å². The first kappa shape index (κ1) is 20.8. The lowest BCUT2D eigenvalue weighted by Crippen LogP contribution is -2.34. The molecule has 0 bridgehead atoms. The van der Waals surface area contributed by atoms with Crippen molar-refractivity contribution < 1.29 is 9.21 Å². The molecule has 6 nitrogen and oxygen atoms in total. The van der Waals surface area contributed by atoms with E-state index < -0.39 is 0 Å². The van der Waals surface area contributed by atoms with E-state index in [-0.39, 0.29) is 18.4 Å². The second-order valence-corrected chi connectivity index (χ2v) is 8.09. The van der Waals surface area contributed by atoms with Crippen molar-refractivity contribution in [3.63, 3.8) is 0 Å². The van der Waals surface area contributed by atoms with Crippen molar-refractivity contribution in [2.45, 2.75) is 53.0 Å². The predicted molar refractivity (Wildman–Crippen MR) is 121 cm³/mol. The highest BCUT2D eigenvalue weighted by molar-refractivity contribution is 5.82. The summed E-state index contributed by atoms with van der Waals surface area (Å²) in [4.78, 5) is 17.6. The van der Waals surface area contributed by atoms with E-state index in [4.69, 9.17) is 14.5 Å². The molecular formula is C25H28N4O2. The molecule has 1 aromatic carbocycles. The first-order chi connectivity index (χ1) is 14.9. The van der Waals surface area contributed by atoms with E-state index in [1.807, 2.05) is 62.5 Å². The summed E-state index contributed by atoms with van der Waals surface area (Å²) >= 11 is 0. The van der Waals surface area contributed by atoms with Crippen molar-refractivity contribution in [3.05, 3.63) is 77.1 Å².